The number of carbonyl (C=O) groups excluding carboxylic acids is 1. The number of ketones is 1. The van der Waals surface area contributed by atoms with Gasteiger partial charge in [-0.15, -0.1) is 0 Å². The van der Waals surface area contributed by atoms with Crippen molar-refractivity contribution in [3.8, 4) is 0 Å². The van der Waals surface area contributed by atoms with Crippen LogP contribution in [0.25, 0.3) is 0 Å². The van der Waals surface area contributed by atoms with Crippen molar-refractivity contribution in [1.82, 2.24) is 0 Å². The average Bonchev–Trinajstić information content (AvgIpc) is 2.96. The van der Waals surface area contributed by atoms with E-state index in [1.54, 1.807) is 0 Å². The zero-order chi connectivity index (χ0) is 21.4. The minimum absolute atomic E-state index is 0.176. The van der Waals surface area contributed by atoms with Crippen LogP contribution in [-0.2, 0) is 21.2 Å². The highest BCUT2D eigenvalue weighted by Gasteiger charge is 2.51. The van der Waals surface area contributed by atoms with Gasteiger partial charge in [0.05, 0.1) is 5.60 Å². The fourth-order valence-corrected chi connectivity index (χ4v) is 7.84. The van der Waals surface area contributed by atoms with Crippen molar-refractivity contribution in [1.29, 1.82) is 0 Å². The predicted octanol–water partition coefficient (Wildman–Crippen LogP) is 7.05. The summed E-state index contributed by atoms with van der Waals surface area (Å²) in [6.07, 6.45) is 8.69. The molecule has 29 heavy (non-hydrogen) atoms. The number of hydrogen-bond donors (Lipinski definition) is 0. The highest BCUT2D eigenvalue weighted by Crippen LogP contribution is 2.56. The van der Waals surface area contributed by atoms with E-state index >= 15 is 0 Å². The molecule has 2 aliphatic rings. The molecule has 0 saturated heterocycles. The smallest absolute Gasteiger partial charge is 0.184 e. The van der Waals surface area contributed by atoms with Crippen LogP contribution < -0.4 is 0 Å². The number of hydrogen-bond acceptors (Lipinski definition) is 2. The molecular weight excluding hydrogens is 372 g/mol. The van der Waals surface area contributed by atoms with Crippen LogP contribution >= 0.6 is 0 Å². The lowest BCUT2D eigenvalue weighted by atomic mass is 9.63. The van der Waals surface area contributed by atoms with Crippen LogP contribution in [0.3, 0.4) is 0 Å². The second-order valence-electron chi connectivity index (χ2n) is 11.0. The minimum atomic E-state index is -1.65. The number of fused-ring (bicyclic) bond motifs is 1. The fourth-order valence-electron chi connectivity index (χ4n) is 6.20. The first kappa shape index (κ1) is 22.5. The molecule has 0 N–H and O–H groups in total. The maximum atomic E-state index is 12.5. The molecule has 0 aromatic heterocycles. The normalized spacial score (nSPS) is 28.5. The van der Waals surface area contributed by atoms with Gasteiger partial charge in [-0.2, -0.15) is 0 Å². The quantitative estimate of drug-likeness (QED) is 0.370. The molecule has 0 unspecified atom stereocenters. The van der Waals surface area contributed by atoms with Gasteiger partial charge in [0.15, 0.2) is 8.32 Å². The largest absolute Gasteiger partial charge is 0.409 e. The molecule has 2 saturated carbocycles. The lowest BCUT2D eigenvalue weighted by molar-refractivity contribution is -0.129. The van der Waals surface area contributed by atoms with E-state index in [2.05, 4.69) is 77.7 Å². The summed E-state index contributed by atoms with van der Waals surface area (Å²) in [5.74, 6) is 1.36. The Bertz CT molecular complexity index is 786. The molecule has 3 rings (SSSR count). The van der Waals surface area contributed by atoms with E-state index < -0.39 is 8.32 Å². The molecule has 2 nitrogen and oxygen atoms in total. The third-order valence-corrected chi connectivity index (χ3v) is 8.41. The van der Waals surface area contributed by atoms with Crippen LogP contribution in [0.1, 0.15) is 70.9 Å². The topological polar surface area (TPSA) is 26.3 Å². The van der Waals surface area contributed by atoms with E-state index in [0.717, 1.165) is 25.7 Å². The minimum Gasteiger partial charge on any atom is -0.409 e. The lowest BCUT2D eigenvalue weighted by Crippen LogP contribution is -2.37. The summed E-state index contributed by atoms with van der Waals surface area (Å²) in [5.41, 5.74) is 4.03. The molecule has 0 bridgehead atoms. The van der Waals surface area contributed by atoms with Crippen molar-refractivity contribution >= 4 is 14.1 Å². The van der Waals surface area contributed by atoms with Gasteiger partial charge in [-0.05, 0) is 95.0 Å². The third kappa shape index (κ3) is 4.77. The second kappa shape index (κ2) is 8.15. The van der Waals surface area contributed by atoms with Crippen molar-refractivity contribution in [2.75, 3.05) is 0 Å². The molecule has 0 amide bonds. The Morgan fingerprint density at radius 2 is 1.93 bits per heavy atom. The molecular formula is C26H40O2Si. The van der Waals surface area contributed by atoms with Gasteiger partial charge < -0.3 is 4.43 Å². The van der Waals surface area contributed by atoms with Crippen molar-refractivity contribution < 1.29 is 9.22 Å². The monoisotopic (exact) mass is 412 g/mol. The van der Waals surface area contributed by atoms with E-state index in [0.29, 0.717) is 17.6 Å². The summed E-state index contributed by atoms with van der Waals surface area (Å²) in [5, 5.41) is 0. The predicted molar refractivity (Wildman–Crippen MR) is 125 cm³/mol. The molecule has 0 radical (unpaired) electrons. The Hall–Kier alpha value is -1.19. The van der Waals surface area contributed by atoms with E-state index in [1.807, 2.05) is 0 Å². The molecule has 0 spiro atoms. The summed E-state index contributed by atoms with van der Waals surface area (Å²) in [6.45, 7) is 15.8. The first-order chi connectivity index (χ1) is 13.4. The molecule has 160 valence electrons. The SMILES string of the molecule is CC(=CCc1ccccc1C(C)(C)O[Si](C)(C)C)[C@H]1CC[C@@H]2C(=O)CCC[C@@]21C. The highest BCUT2D eigenvalue weighted by atomic mass is 28.4. The van der Waals surface area contributed by atoms with Crippen molar-refractivity contribution in [3.63, 3.8) is 0 Å². The first-order valence-corrected chi connectivity index (χ1v) is 14.8. The van der Waals surface area contributed by atoms with Gasteiger partial charge in [-0.25, -0.2) is 0 Å². The molecule has 2 aliphatic carbocycles. The Morgan fingerprint density at radius 3 is 2.62 bits per heavy atom. The first-order valence-electron chi connectivity index (χ1n) is 11.4. The Kier molecular flexibility index (Phi) is 6.32. The zero-order valence-corrected chi connectivity index (χ0v) is 20.6. The Balaban J connectivity index is 1.81. The maximum Gasteiger partial charge on any atom is 0.184 e. The second-order valence-corrected chi connectivity index (χ2v) is 15.5. The number of carbonyl (C=O) groups is 1. The van der Waals surface area contributed by atoms with E-state index in [4.69, 9.17) is 4.43 Å². The van der Waals surface area contributed by atoms with Crippen LogP contribution in [-0.4, -0.2) is 14.1 Å². The standard InChI is InChI=1S/C26H40O2Si/c1-19(21-16-17-23-24(27)13-10-18-26(21,23)4)14-15-20-11-8-9-12-22(20)25(2,3)28-29(5,6)7/h8-9,11-12,14,21,23H,10,13,15-18H2,1-7H3/t21-,23-,26-/m1/s1. The van der Waals surface area contributed by atoms with E-state index in [-0.39, 0.29) is 11.0 Å². The van der Waals surface area contributed by atoms with Crippen LogP contribution in [0.4, 0.5) is 0 Å². The van der Waals surface area contributed by atoms with Gasteiger partial charge in [0, 0.05) is 12.3 Å². The van der Waals surface area contributed by atoms with Gasteiger partial charge in [0.1, 0.15) is 5.78 Å². The summed E-state index contributed by atoms with van der Waals surface area (Å²) in [7, 11) is -1.65. The van der Waals surface area contributed by atoms with Crippen LogP contribution in [0.5, 0.6) is 0 Å². The van der Waals surface area contributed by atoms with Gasteiger partial charge in [-0.3, -0.25) is 4.79 Å². The summed E-state index contributed by atoms with van der Waals surface area (Å²) in [4.78, 5) is 12.5. The third-order valence-electron chi connectivity index (χ3n) is 7.28. The summed E-state index contributed by atoms with van der Waals surface area (Å²) >= 11 is 0. The van der Waals surface area contributed by atoms with Gasteiger partial charge in [0.2, 0.25) is 0 Å². The lowest BCUT2D eigenvalue weighted by Gasteiger charge is -2.40. The van der Waals surface area contributed by atoms with Crippen molar-refractivity contribution in [2.24, 2.45) is 17.3 Å². The van der Waals surface area contributed by atoms with Crippen molar-refractivity contribution in [2.45, 2.75) is 91.5 Å². The van der Waals surface area contributed by atoms with Gasteiger partial charge >= 0.3 is 0 Å². The highest BCUT2D eigenvalue weighted by molar-refractivity contribution is 6.69. The van der Waals surface area contributed by atoms with Crippen LogP contribution in [0.15, 0.2) is 35.9 Å². The Morgan fingerprint density at radius 1 is 1.24 bits per heavy atom. The molecule has 1 aromatic rings. The summed E-state index contributed by atoms with van der Waals surface area (Å²) in [6, 6.07) is 8.74. The van der Waals surface area contributed by atoms with E-state index in [1.165, 1.54) is 29.5 Å². The molecule has 0 heterocycles. The number of benzene rings is 1. The van der Waals surface area contributed by atoms with Gasteiger partial charge in [0.25, 0.3) is 0 Å². The van der Waals surface area contributed by atoms with Gasteiger partial charge in [-0.1, -0.05) is 42.8 Å². The Labute approximate surface area is 179 Å². The molecule has 1 aromatic carbocycles. The number of allylic oxidation sites excluding steroid dienone is 2. The number of Topliss-reactive ketones (excluding diaryl/α,β-unsaturated/α-hetero) is 1. The molecule has 3 heteroatoms. The zero-order valence-electron chi connectivity index (χ0n) is 19.6. The maximum absolute atomic E-state index is 12.5. The molecule has 3 atom stereocenters. The van der Waals surface area contributed by atoms with Crippen LogP contribution in [0.2, 0.25) is 19.6 Å². The molecule has 2 fully saturated rings. The summed E-state index contributed by atoms with van der Waals surface area (Å²) < 4.78 is 6.54. The average molecular weight is 413 g/mol. The fraction of sp³-hybridized carbons (Fsp3) is 0.654. The van der Waals surface area contributed by atoms with Crippen LogP contribution in [0, 0.1) is 17.3 Å². The van der Waals surface area contributed by atoms with E-state index in [9.17, 15) is 4.79 Å². The van der Waals surface area contributed by atoms with Crippen molar-refractivity contribution in [3.05, 3.63) is 47.0 Å². The molecule has 0 aliphatic heterocycles. The number of rotatable bonds is 6.